The Balaban J connectivity index is 2.95. The number of amides is 1. The van der Waals surface area contributed by atoms with Crippen LogP contribution in [0.3, 0.4) is 0 Å². The van der Waals surface area contributed by atoms with Gasteiger partial charge in [-0.05, 0) is 31.5 Å². The van der Waals surface area contributed by atoms with Gasteiger partial charge in [0.25, 0.3) is 0 Å². The molecule has 0 saturated carbocycles. The van der Waals surface area contributed by atoms with Gasteiger partial charge < -0.3 is 16.2 Å². The molecule has 1 rings (SSSR count). The Morgan fingerprint density at radius 3 is 2.56 bits per heavy atom. The van der Waals surface area contributed by atoms with Crippen molar-refractivity contribution in [3.8, 4) is 0 Å². The first-order valence-electron chi connectivity index (χ1n) is 4.82. The molecule has 5 nitrogen and oxygen atoms in total. The van der Waals surface area contributed by atoms with Gasteiger partial charge in [-0.15, -0.1) is 0 Å². The van der Waals surface area contributed by atoms with E-state index in [-0.39, 0.29) is 11.5 Å². The number of aryl methyl sites for hydroxylation is 1. The van der Waals surface area contributed by atoms with E-state index in [4.69, 9.17) is 10.8 Å². The normalized spacial score (nSPS) is 11.9. The van der Waals surface area contributed by atoms with Gasteiger partial charge in [-0.3, -0.25) is 4.79 Å². The van der Waals surface area contributed by atoms with Gasteiger partial charge in [-0.1, -0.05) is 6.07 Å². The predicted octanol–water partition coefficient (Wildman–Crippen LogP) is 0.979. The predicted molar refractivity (Wildman–Crippen MR) is 60.4 cm³/mol. The summed E-state index contributed by atoms with van der Waals surface area (Å²) in [6.45, 7) is 3.25. The first-order chi connectivity index (χ1) is 7.41. The van der Waals surface area contributed by atoms with Gasteiger partial charge in [0.05, 0.1) is 11.6 Å². The zero-order chi connectivity index (χ0) is 12.3. The van der Waals surface area contributed by atoms with Gasteiger partial charge in [0.1, 0.15) is 0 Å². The first-order valence-corrected chi connectivity index (χ1v) is 4.82. The highest BCUT2D eigenvalue weighted by Crippen LogP contribution is 2.15. The lowest BCUT2D eigenvalue weighted by atomic mass is 10.1. The van der Waals surface area contributed by atoms with E-state index in [1.54, 1.807) is 26.0 Å². The fourth-order valence-electron chi connectivity index (χ4n) is 1.19. The van der Waals surface area contributed by atoms with E-state index in [0.717, 1.165) is 0 Å². The summed E-state index contributed by atoms with van der Waals surface area (Å²) in [6, 6.07) is 4.06. The van der Waals surface area contributed by atoms with Crippen molar-refractivity contribution in [3.63, 3.8) is 0 Å². The highest BCUT2D eigenvalue weighted by molar-refractivity contribution is 5.96. The zero-order valence-corrected chi connectivity index (χ0v) is 9.15. The smallest absolute Gasteiger partial charge is 0.336 e. The molecule has 16 heavy (non-hydrogen) atoms. The largest absolute Gasteiger partial charge is 0.478 e. The van der Waals surface area contributed by atoms with Gasteiger partial charge in [-0.2, -0.15) is 0 Å². The van der Waals surface area contributed by atoms with Gasteiger partial charge in [0.2, 0.25) is 5.91 Å². The number of rotatable bonds is 3. The van der Waals surface area contributed by atoms with Crippen LogP contribution in [0.15, 0.2) is 18.2 Å². The fourth-order valence-corrected chi connectivity index (χ4v) is 1.19. The monoisotopic (exact) mass is 222 g/mol. The number of carbonyl (C=O) groups excluding carboxylic acids is 1. The zero-order valence-electron chi connectivity index (χ0n) is 9.15. The van der Waals surface area contributed by atoms with Crippen LogP contribution in [0.4, 0.5) is 5.69 Å². The molecule has 1 aromatic rings. The van der Waals surface area contributed by atoms with Crippen molar-refractivity contribution in [3.05, 3.63) is 29.3 Å². The molecule has 5 heteroatoms. The van der Waals surface area contributed by atoms with Crippen LogP contribution in [0.2, 0.25) is 0 Å². The minimum Gasteiger partial charge on any atom is -0.478 e. The van der Waals surface area contributed by atoms with Crippen molar-refractivity contribution >= 4 is 17.6 Å². The van der Waals surface area contributed by atoms with Crippen molar-refractivity contribution < 1.29 is 14.7 Å². The Morgan fingerprint density at radius 2 is 2.06 bits per heavy atom. The number of carbonyl (C=O) groups is 2. The van der Waals surface area contributed by atoms with Crippen LogP contribution in [0.25, 0.3) is 0 Å². The lowest BCUT2D eigenvalue weighted by molar-refractivity contribution is -0.117. The van der Waals surface area contributed by atoms with Crippen molar-refractivity contribution in [2.45, 2.75) is 19.9 Å². The van der Waals surface area contributed by atoms with E-state index in [9.17, 15) is 9.59 Å². The number of carboxylic acid groups (broad SMARTS) is 1. The summed E-state index contributed by atoms with van der Waals surface area (Å²) in [6.07, 6.45) is 0. The molecule has 1 atom stereocenters. The second kappa shape index (κ2) is 4.76. The Hall–Kier alpha value is -1.88. The molecule has 0 bridgehead atoms. The molecule has 0 aliphatic heterocycles. The number of nitrogens with one attached hydrogen (secondary N) is 1. The molecular weight excluding hydrogens is 208 g/mol. The molecule has 0 spiro atoms. The average molecular weight is 222 g/mol. The molecule has 1 aromatic carbocycles. The van der Waals surface area contributed by atoms with Crippen LogP contribution in [0.5, 0.6) is 0 Å². The fraction of sp³-hybridized carbons (Fsp3) is 0.273. The van der Waals surface area contributed by atoms with E-state index >= 15 is 0 Å². The van der Waals surface area contributed by atoms with E-state index in [0.29, 0.717) is 11.3 Å². The van der Waals surface area contributed by atoms with Crippen LogP contribution < -0.4 is 11.1 Å². The molecule has 4 N–H and O–H groups in total. The number of carboxylic acids is 1. The van der Waals surface area contributed by atoms with E-state index in [2.05, 4.69) is 5.32 Å². The summed E-state index contributed by atoms with van der Waals surface area (Å²) in [4.78, 5) is 22.2. The SMILES string of the molecule is Cc1ccc(NC(=O)[C@@H](C)N)cc1C(=O)O. The lowest BCUT2D eigenvalue weighted by Gasteiger charge is -2.09. The number of benzene rings is 1. The topological polar surface area (TPSA) is 92.4 Å². The number of aromatic carboxylic acids is 1. The van der Waals surface area contributed by atoms with Gasteiger partial charge in [0, 0.05) is 5.69 Å². The summed E-state index contributed by atoms with van der Waals surface area (Å²) in [5.74, 6) is -1.37. The van der Waals surface area contributed by atoms with Gasteiger partial charge in [-0.25, -0.2) is 4.79 Å². The van der Waals surface area contributed by atoms with Crippen molar-refractivity contribution in [2.24, 2.45) is 5.73 Å². The summed E-state index contributed by atoms with van der Waals surface area (Å²) in [5.41, 5.74) is 6.63. The number of nitrogens with two attached hydrogens (primary N) is 1. The minimum absolute atomic E-state index is 0.169. The van der Waals surface area contributed by atoms with E-state index < -0.39 is 12.0 Å². The highest BCUT2D eigenvalue weighted by atomic mass is 16.4. The van der Waals surface area contributed by atoms with Crippen molar-refractivity contribution in [1.82, 2.24) is 0 Å². The average Bonchev–Trinajstić information content (AvgIpc) is 2.20. The van der Waals surface area contributed by atoms with Crippen molar-refractivity contribution in [2.75, 3.05) is 5.32 Å². The maximum atomic E-state index is 11.3. The summed E-state index contributed by atoms with van der Waals surface area (Å²) in [5, 5.41) is 11.4. The number of anilines is 1. The Kier molecular flexibility index (Phi) is 3.63. The quantitative estimate of drug-likeness (QED) is 0.710. The molecule has 86 valence electrons. The second-order valence-corrected chi connectivity index (χ2v) is 3.61. The summed E-state index contributed by atoms with van der Waals surface area (Å²) >= 11 is 0. The molecule has 0 heterocycles. The summed E-state index contributed by atoms with van der Waals surface area (Å²) < 4.78 is 0. The van der Waals surface area contributed by atoms with Crippen LogP contribution in [0, 0.1) is 6.92 Å². The third-order valence-corrected chi connectivity index (χ3v) is 2.15. The maximum Gasteiger partial charge on any atom is 0.336 e. The lowest BCUT2D eigenvalue weighted by Crippen LogP contribution is -2.32. The Bertz CT molecular complexity index is 427. The van der Waals surface area contributed by atoms with Gasteiger partial charge in [0.15, 0.2) is 0 Å². The van der Waals surface area contributed by atoms with E-state index in [1.807, 2.05) is 0 Å². The maximum absolute atomic E-state index is 11.3. The van der Waals surface area contributed by atoms with Crippen LogP contribution in [-0.2, 0) is 4.79 Å². The standard InChI is InChI=1S/C11H14N2O3/c1-6-3-4-8(5-9(6)11(15)16)13-10(14)7(2)12/h3-5,7H,12H2,1-2H3,(H,13,14)(H,15,16)/t7-/m1/s1. The third kappa shape index (κ3) is 2.80. The van der Waals surface area contributed by atoms with Gasteiger partial charge >= 0.3 is 5.97 Å². The molecule has 0 fully saturated rings. The van der Waals surface area contributed by atoms with Crippen molar-refractivity contribution in [1.29, 1.82) is 0 Å². The molecule has 0 radical (unpaired) electrons. The number of hydrogen-bond donors (Lipinski definition) is 3. The molecule has 0 aliphatic carbocycles. The molecular formula is C11H14N2O3. The molecule has 0 saturated heterocycles. The summed E-state index contributed by atoms with van der Waals surface area (Å²) in [7, 11) is 0. The van der Waals surface area contributed by atoms with Crippen LogP contribution >= 0.6 is 0 Å². The molecule has 1 amide bonds. The van der Waals surface area contributed by atoms with E-state index in [1.165, 1.54) is 6.07 Å². The second-order valence-electron chi connectivity index (χ2n) is 3.61. The van der Waals surface area contributed by atoms with Crippen LogP contribution in [-0.4, -0.2) is 23.0 Å². The van der Waals surface area contributed by atoms with Crippen LogP contribution in [0.1, 0.15) is 22.8 Å². The third-order valence-electron chi connectivity index (χ3n) is 2.15. The first kappa shape index (κ1) is 12.2. The molecule has 0 aliphatic rings. The minimum atomic E-state index is -1.02. The highest BCUT2D eigenvalue weighted by Gasteiger charge is 2.11. The molecule has 0 unspecified atom stereocenters. The molecule has 0 aromatic heterocycles. The Morgan fingerprint density at radius 1 is 1.44 bits per heavy atom. The number of hydrogen-bond acceptors (Lipinski definition) is 3. The Labute approximate surface area is 93.3 Å².